The lowest BCUT2D eigenvalue weighted by Gasteiger charge is -2.39. The van der Waals surface area contributed by atoms with Gasteiger partial charge in [0.1, 0.15) is 5.52 Å². The summed E-state index contributed by atoms with van der Waals surface area (Å²) in [7, 11) is 1.75. The highest BCUT2D eigenvalue weighted by Crippen LogP contribution is 2.40. The van der Waals surface area contributed by atoms with Gasteiger partial charge in [-0.2, -0.15) is 4.98 Å². The highest BCUT2D eigenvalue weighted by atomic mass is 16.2. The quantitative estimate of drug-likeness (QED) is 0.431. The smallest absolute Gasteiger partial charge is 0.330 e. The highest BCUT2D eigenvalue weighted by Gasteiger charge is 2.32. The topological polar surface area (TPSA) is 88.3 Å². The lowest BCUT2D eigenvalue weighted by atomic mass is 9.96. The molecule has 2 fully saturated rings. The van der Waals surface area contributed by atoms with E-state index < -0.39 is 0 Å². The van der Waals surface area contributed by atoms with E-state index in [0.29, 0.717) is 17.6 Å². The van der Waals surface area contributed by atoms with Crippen LogP contribution in [0.25, 0.3) is 11.2 Å². The molecule has 5 rings (SSSR count). The normalized spacial score (nSPS) is 18.1. The second kappa shape index (κ2) is 10.7. The van der Waals surface area contributed by atoms with Crippen LogP contribution in [-0.2, 0) is 11.8 Å². The molecule has 1 saturated carbocycles. The van der Waals surface area contributed by atoms with Crippen molar-refractivity contribution < 1.29 is 4.79 Å². The highest BCUT2D eigenvalue weighted by molar-refractivity contribution is 5.87. The Morgan fingerprint density at radius 2 is 1.76 bits per heavy atom. The number of carbonyl (C=O) groups is 1. The maximum Gasteiger partial charge on any atom is 0.330 e. The fourth-order valence-electron chi connectivity index (χ4n) is 5.50. The summed E-state index contributed by atoms with van der Waals surface area (Å²) in [5, 5.41) is 3.42. The maximum absolute atomic E-state index is 12.6. The van der Waals surface area contributed by atoms with Gasteiger partial charge in [-0.1, -0.05) is 43.7 Å². The van der Waals surface area contributed by atoms with Crippen molar-refractivity contribution in [3.63, 3.8) is 0 Å². The van der Waals surface area contributed by atoms with Gasteiger partial charge in [-0.05, 0) is 50.3 Å². The van der Waals surface area contributed by atoms with Crippen LogP contribution in [0.4, 0.5) is 5.95 Å². The van der Waals surface area contributed by atoms with Crippen LogP contribution in [-0.4, -0.2) is 61.0 Å². The number of hydrogen-bond donors (Lipinski definition) is 1. The van der Waals surface area contributed by atoms with E-state index in [1.165, 1.54) is 30.9 Å². The van der Waals surface area contributed by atoms with E-state index in [0.717, 1.165) is 43.2 Å². The molecule has 1 aliphatic heterocycles. The molecule has 2 atom stereocenters. The van der Waals surface area contributed by atoms with Crippen LogP contribution in [0.3, 0.4) is 0 Å². The number of piperazine rings is 1. The number of rotatable bonds is 9. The second-order valence-corrected chi connectivity index (χ2v) is 11.0. The van der Waals surface area contributed by atoms with Gasteiger partial charge in [-0.3, -0.25) is 18.8 Å². The fourth-order valence-corrected chi connectivity index (χ4v) is 5.50. The Labute approximate surface area is 224 Å². The van der Waals surface area contributed by atoms with Crippen LogP contribution in [0.2, 0.25) is 0 Å². The lowest BCUT2D eigenvalue weighted by Crippen LogP contribution is -2.49. The maximum atomic E-state index is 12.6. The number of anilines is 1. The van der Waals surface area contributed by atoms with E-state index in [1.54, 1.807) is 22.4 Å². The monoisotopic (exact) mass is 517 g/mol. The molecule has 1 saturated heterocycles. The van der Waals surface area contributed by atoms with Gasteiger partial charge in [-0.25, -0.2) is 9.78 Å². The third-order valence-corrected chi connectivity index (χ3v) is 8.01. The average molecular weight is 518 g/mol. The van der Waals surface area contributed by atoms with E-state index in [4.69, 9.17) is 4.98 Å². The standard InChI is InChI=1S/C29H39N7O2/c1-6-26(37)35-15-13-34(14-16-35)24(17-21-7-8-21)23-11-9-22(10-12-23)20(4)31-28-30-18-25-27(32-28)36(19(2)3)29(38)33(25)5/h6,9-12,18-21,24H,1,7-8,13-17H2,2-5H3,(H,30,31,32)/t20-,24?/m0/s1. The molecule has 38 heavy (non-hydrogen) atoms. The summed E-state index contributed by atoms with van der Waals surface area (Å²) in [4.78, 5) is 38.3. The lowest BCUT2D eigenvalue weighted by molar-refractivity contribution is -0.128. The number of aryl methyl sites for hydroxylation is 1. The SMILES string of the molecule is C=CC(=O)N1CCN(C(CC2CC2)c2ccc([C@H](C)Nc3ncc4c(n3)n(C(C)C)c(=O)n4C)cc2)CC1. The van der Waals surface area contributed by atoms with E-state index in [1.807, 2.05) is 18.7 Å². The van der Waals surface area contributed by atoms with Crippen molar-refractivity contribution in [3.05, 3.63) is 64.7 Å². The molecule has 2 aromatic heterocycles. The van der Waals surface area contributed by atoms with E-state index in [-0.39, 0.29) is 23.7 Å². The van der Waals surface area contributed by atoms with Gasteiger partial charge in [0.25, 0.3) is 0 Å². The first-order chi connectivity index (χ1) is 18.3. The first-order valence-corrected chi connectivity index (χ1v) is 13.7. The van der Waals surface area contributed by atoms with Crippen molar-refractivity contribution >= 4 is 23.0 Å². The minimum absolute atomic E-state index is 0.000207. The van der Waals surface area contributed by atoms with Crippen molar-refractivity contribution in [2.45, 2.75) is 58.2 Å². The van der Waals surface area contributed by atoms with Crippen molar-refractivity contribution in [3.8, 4) is 0 Å². The Hall–Kier alpha value is -3.46. The van der Waals surface area contributed by atoms with Gasteiger partial charge in [0.2, 0.25) is 11.9 Å². The number of amides is 1. The van der Waals surface area contributed by atoms with Crippen LogP contribution >= 0.6 is 0 Å². The predicted molar refractivity (Wildman–Crippen MR) is 150 cm³/mol. The van der Waals surface area contributed by atoms with Gasteiger partial charge < -0.3 is 10.2 Å². The average Bonchev–Trinajstić information content (AvgIpc) is 3.71. The summed E-state index contributed by atoms with van der Waals surface area (Å²) in [5.74, 6) is 1.34. The van der Waals surface area contributed by atoms with Crippen LogP contribution in [0.15, 0.2) is 47.9 Å². The molecule has 0 radical (unpaired) electrons. The molecule has 0 spiro atoms. The molecule has 9 heteroatoms. The molecule has 1 amide bonds. The molecule has 0 bridgehead atoms. The van der Waals surface area contributed by atoms with Crippen molar-refractivity contribution in [1.82, 2.24) is 28.9 Å². The molecular weight excluding hydrogens is 478 g/mol. The molecule has 202 valence electrons. The van der Waals surface area contributed by atoms with E-state index >= 15 is 0 Å². The van der Waals surface area contributed by atoms with Gasteiger partial charge in [0.15, 0.2) is 5.65 Å². The second-order valence-electron chi connectivity index (χ2n) is 11.0. The number of hydrogen-bond acceptors (Lipinski definition) is 6. The number of nitrogens with one attached hydrogen (secondary N) is 1. The Morgan fingerprint density at radius 1 is 1.11 bits per heavy atom. The molecule has 9 nitrogen and oxygen atoms in total. The summed E-state index contributed by atoms with van der Waals surface area (Å²) in [6.07, 6.45) is 6.94. The zero-order valence-corrected chi connectivity index (χ0v) is 22.9. The number of imidazole rings is 1. The van der Waals surface area contributed by atoms with Gasteiger partial charge in [-0.15, -0.1) is 0 Å². The first kappa shape index (κ1) is 26.2. The Balaban J connectivity index is 1.30. The summed E-state index contributed by atoms with van der Waals surface area (Å²) in [5.41, 5.74) is 3.77. The largest absolute Gasteiger partial charge is 0.348 e. The van der Waals surface area contributed by atoms with E-state index in [2.05, 4.69) is 53.0 Å². The Kier molecular flexibility index (Phi) is 7.38. The molecule has 1 N–H and O–H groups in total. The molecule has 1 aromatic carbocycles. The minimum Gasteiger partial charge on any atom is -0.348 e. The fraction of sp³-hybridized carbons (Fsp3) is 0.517. The molecule has 3 heterocycles. The number of nitrogens with zero attached hydrogens (tertiary/aromatic N) is 6. The zero-order valence-electron chi connectivity index (χ0n) is 22.9. The van der Waals surface area contributed by atoms with Crippen LogP contribution < -0.4 is 11.0 Å². The van der Waals surface area contributed by atoms with Crippen molar-refractivity contribution in [2.24, 2.45) is 13.0 Å². The summed E-state index contributed by atoms with van der Waals surface area (Å²) < 4.78 is 3.30. The summed E-state index contributed by atoms with van der Waals surface area (Å²) in [6, 6.07) is 9.26. The first-order valence-electron chi connectivity index (χ1n) is 13.7. The molecule has 1 unspecified atom stereocenters. The van der Waals surface area contributed by atoms with Crippen molar-refractivity contribution in [1.29, 1.82) is 0 Å². The molecule has 2 aliphatic rings. The molecular formula is C29H39N7O2. The number of aromatic nitrogens is 4. The number of benzene rings is 1. The Bertz CT molecular complexity index is 1360. The number of fused-ring (bicyclic) bond motifs is 1. The molecule has 3 aromatic rings. The Morgan fingerprint density at radius 3 is 2.37 bits per heavy atom. The van der Waals surface area contributed by atoms with Gasteiger partial charge >= 0.3 is 5.69 Å². The third kappa shape index (κ3) is 5.25. The molecule has 1 aliphatic carbocycles. The van der Waals surface area contributed by atoms with Crippen LogP contribution in [0.1, 0.15) is 69.3 Å². The van der Waals surface area contributed by atoms with Gasteiger partial charge in [0, 0.05) is 45.3 Å². The van der Waals surface area contributed by atoms with Crippen LogP contribution in [0, 0.1) is 5.92 Å². The summed E-state index contributed by atoms with van der Waals surface area (Å²) >= 11 is 0. The third-order valence-electron chi connectivity index (χ3n) is 8.01. The van der Waals surface area contributed by atoms with Crippen molar-refractivity contribution in [2.75, 3.05) is 31.5 Å². The minimum atomic E-state index is -0.0837. The summed E-state index contributed by atoms with van der Waals surface area (Å²) in [6.45, 7) is 13.0. The number of carbonyl (C=O) groups excluding carboxylic acids is 1. The van der Waals surface area contributed by atoms with Crippen LogP contribution in [0.5, 0.6) is 0 Å². The van der Waals surface area contributed by atoms with Gasteiger partial charge in [0.05, 0.1) is 12.2 Å². The van der Waals surface area contributed by atoms with E-state index in [9.17, 15) is 9.59 Å². The predicted octanol–water partition coefficient (Wildman–Crippen LogP) is 4.06. The zero-order chi connectivity index (χ0) is 27.0.